The molecule has 1 rings (SSSR count). The SMILES string of the molecule is C.CC(=O)c1ccccc1C. The molecule has 0 radical (unpaired) electrons. The number of benzene rings is 1. The molecule has 0 heterocycles. The fourth-order valence-corrected chi connectivity index (χ4v) is 0.968. The van der Waals surface area contributed by atoms with Crippen molar-refractivity contribution in [3.63, 3.8) is 0 Å². The van der Waals surface area contributed by atoms with Gasteiger partial charge >= 0.3 is 0 Å². The molecule has 0 saturated heterocycles. The van der Waals surface area contributed by atoms with Crippen molar-refractivity contribution in [3.8, 4) is 0 Å². The van der Waals surface area contributed by atoms with E-state index in [2.05, 4.69) is 0 Å². The number of hydrogen-bond acceptors (Lipinski definition) is 1. The van der Waals surface area contributed by atoms with E-state index in [9.17, 15) is 4.79 Å². The van der Waals surface area contributed by atoms with Crippen molar-refractivity contribution in [1.82, 2.24) is 0 Å². The molecule has 0 spiro atoms. The van der Waals surface area contributed by atoms with Crippen LogP contribution in [0.4, 0.5) is 0 Å². The topological polar surface area (TPSA) is 17.1 Å². The van der Waals surface area contributed by atoms with E-state index >= 15 is 0 Å². The Labute approximate surface area is 68.1 Å². The van der Waals surface area contributed by atoms with Crippen molar-refractivity contribution in [1.29, 1.82) is 0 Å². The van der Waals surface area contributed by atoms with Gasteiger partial charge in [-0.3, -0.25) is 4.79 Å². The minimum absolute atomic E-state index is 0. The molecule has 1 heteroatoms. The molecule has 0 fully saturated rings. The van der Waals surface area contributed by atoms with Gasteiger partial charge in [0, 0.05) is 5.56 Å². The Morgan fingerprint density at radius 2 is 1.82 bits per heavy atom. The minimum Gasteiger partial charge on any atom is -0.295 e. The number of aryl methyl sites for hydroxylation is 1. The van der Waals surface area contributed by atoms with Crippen molar-refractivity contribution in [3.05, 3.63) is 35.4 Å². The minimum atomic E-state index is 0. The number of hydrogen-bond donors (Lipinski definition) is 0. The van der Waals surface area contributed by atoms with Gasteiger partial charge in [-0.2, -0.15) is 0 Å². The summed E-state index contributed by atoms with van der Waals surface area (Å²) >= 11 is 0. The molecule has 0 aliphatic heterocycles. The van der Waals surface area contributed by atoms with E-state index < -0.39 is 0 Å². The van der Waals surface area contributed by atoms with E-state index in [1.807, 2.05) is 31.2 Å². The maximum atomic E-state index is 10.9. The molecule has 0 aromatic heterocycles. The third kappa shape index (κ3) is 2.19. The van der Waals surface area contributed by atoms with E-state index in [1.165, 1.54) is 0 Å². The first-order chi connectivity index (χ1) is 4.72. The summed E-state index contributed by atoms with van der Waals surface area (Å²) in [5, 5.41) is 0. The summed E-state index contributed by atoms with van der Waals surface area (Å²) in [5.74, 6) is 0.137. The Morgan fingerprint density at radius 1 is 1.27 bits per heavy atom. The summed E-state index contributed by atoms with van der Waals surface area (Å²) in [5.41, 5.74) is 1.87. The molecule has 0 amide bonds. The maximum Gasteiger partial charge on any atom is 0.160 e. The highest BCUT2D eigenvalue weighted by Crippen LogP contribution is 2.06. The van der Waals surface area contributed by atoms with Crippen LogP contribution in [0.3, 0.4) is 0 Å². The molecule has 0 aliphatic carbocycles. The van der Waals surface area contributed by atoms with E-state index in [1.54, 1.807) is 6.92 Å². The van der Waals surface area contributed by atoms with E-state index in [0.29, 0.717) is 0 Å². The molecule has 0 unspecified atom stereocenters. The molecule has 11 heavy (non-hydrogen) atoms. The zero-order valence-electron chi connectivity index (χ0n) is 6.22. The summed E-state index contributed by atoms with van der Waals surface area (Å²) in [7, 11) is 0. The first kappa shape index (κ1) is 9.89. The van der Waals surface area contributed by atoms with Crippen LogP contribution in [0.15, 0.2) is 24.3 Å². The lowest BCUT2D eigenvalue weighted by Gasteiger charge is -1.97. The standard InChI is InChI=1S/C9H10O.CH4/c1-7-5-3-4-6-9(7)8(2)10;/h3-6H,1-2H3;1H4. The highest BCUT2D eigenvalue weighted by atomic mass is 16.1. The number of carbonyl (C=O) groups is 1. The van der Waals surface area contributed by atoms with Gasteiger partial charge in [-0.15, -0.1) is 0 Å². The molecule has 1 aromatic carbocycles. The molecule has 0 aliphatic rings. The van der Waals surface area contributed by atoms with Crippen LogP contribution in [0.2, 0.25) is 0 Å². The lowest BCUT2D eigenvalue weighted by molar-refractivity contribution is 0.101. The van der Waals surface area contributed by atoms with Crippen LogP contribution < -0.4 is 0 Å². The molecular formula is C10H14O. The summed E-state index contributed by atoms with van der Waals surface area (Å²) in [4.78, 5) is 10.9. The van der Waals surface area contributed by atoms with E-state index in [0.717, 1.165) is 11.1 Å². The monoisotopic (exact) mass is 150 g/mol. The number of carbonyl (C=O) groups excluding carboxylic acids is 1. The third-order valence-corrected chi connectivity index (χ3v) is 1.52. The van der Waals surface area contributed by atoms with E-state index in [-0.39, 0.29) is 13.2 Å². The van der Waals surface area contributed by atoms with Gasteiger partial charge in [0.1, 0.15) is 0 Å². The van der Waals surface area contributed by atoms with Crippen molar-refractivity contribution in [2.45, 2.75) is 21.3 Å². The normalized spacial score (nSPS) is 8.55. The summed E-state index contributed by atoms with van der Waals surface area (Å²) in [6.07, 6.45) is 0. The average Bonchev–Trinajstić information content (AvgIpc) is 1.88. The Kier molecular flexibility index (Phi) is 3.52. The fourth-order valence-electron chi connectivity index (χ4n) is 0.968. The van der Waals surface area contributed by atoms with Gasteiger partial charge in [-0.25, -0.2) is 0 Å². The van der Waals surface area contributed by atoms with Crippen LogP contribution in [0, 0.1) is 6.92 Å². The van der Waals surface area contributed by atoms with Gasteiger partial charge in [0.15, 0.2) is 5.78 Å². The van der Waals surface area contributed by atoms with Crippen molar-refractivity contribution in [2.75, 3.05) is 0 Å². The number of rotatable bonds is 1. The van der Waals surface area contributed by atoms with Gasteiger partial charge in [-0.05, 0) is 19.4 Å². The Bertz CT molecular complexity index is 251. The van der Waals surface area contributed by atoms with Gasteiger partial charge in [0.25, 0.3) is 0 Å². The lowest BCUT2D eigenvalue weighted by Crippen LogP contribution is -1.93. The molecule has 60 valence electrons. The first-order valence-corrected chi connectivity index (χ1v) is 3.28. The first-order valence-electron chi connectivity index (χ1n) is 3.28. The molecule has 0 bridgehead atoms. The average molecular weight is 150 g/mol. The fraction of sp³-hybridized carbons (Fsp3) is 0.300. The van der Waals surface area contributed by atoms with Gasteiger partial charge in [0.2, 0.25) is 0 Å². The van der Waals surface area contributed by atoms with Crippen molar-refractivity contribution in [2.24, 2.45) is 0 Å². The van der Waals surface area contributed by atoms with Crippen molar-refractivity contribution >= 4 is 5.78 Å². The largest absolute Gasteiger partial charge is 0.295 e. The van der Waals surface area contributed by atoms with E-state index in [4.69, 9.17) is 0 Å². The summed E-state index contributed by atoms with van der Waals surface area (Å²) < 4.78 is 0. The lowest BCUT2D eigenvalue weighted by atomic mass is 10.1. The van der Waals surface area contributed by atoms with Gasteiger partial charge < -0.3 is 0 Å². The van der Waals surface area contributed by atoms with Crippen LogP contribution in [0.5, 0.6) is 0 Å². The molecule has 1 nitrogen and oxygen atoms in total. The van der Waals surface area contributed by atoms with Gasteiger partial charge in [-0.1, -0.05) is 31.7 Å². The second-order valence-corrected chi connectivity index (χ2v) is 2.37. The second-order valence-electron chi connectivity index (χ2n) is 2.37. The number of Topliss-reactive ketones (excluding diaryl/α,β-unsaturated/α-hetero) is 1. The Hall–Kier alpha value is -1.11. The quantitative estimate of drug-likeness (QED) is 0.562. The van der Waals surface area contributed by atoms with Crippen LogP contribution in [0.1, 0.15) is 30.3 Å². The highest BCUT2D eigenvalue weighted by molar-refractivity contribution is 5.95. The second kappa shape index (κ2) is 3.91. The maximum absolute atomic E-state index is 10.9. The Morgan fingerprint density at radius 3 is 2.18 bits per heavy atom. The predicted octanol–water partition coefficient (Wildman–Crippen LogP) is 2.83. The zero-order valence-corrected chi connectivity index (χ0v) is 6.22. The predicted molar refractivity (Wildman–Crippen MR) is 47.9 cm³/mol. The summed E-state index contributed by atoms with van der Waals surface area (Å²) in [6, 6.07) is 7.60. The number of ketones is 1. The van der Waals surface area contributed by atoms with Gasteiger partial charge in [0.05, 0.1) is 0 Å². The zero-order chi connectivity index (χ0) is 7.56. The van der Waals surface area contributed by atoms with Crippen LogP contribution in [0.25, 0.3) is 0 Å². The molecule has 1 aromatic rings. The van der Waals surface area contributed by atoms with Crippen molar-refractivity contribution < 1.29 is 4.79 Å². The summed E-state index contributed by atoms with van der Waals surface area (Å²) in [6.45, 7) is 3.53. The smallest absolute Gasteiger partial charge is 0.160 e. The molecule has 0 saturated carbocycles. The van der Waals surface area contributed by atoms with Crippen LogP contribution >= 0.6 is 0 Å². The van der Waals surface area contributed by atoms with Crippen LogP contribution in [-0.2, 0) is 0 Å². The van der Waals surface area contributed by atoms with Crippen LogP contribution in [-0.4, -0.2) is 5.78 Å². The molecular weight excluding hydrogens is 136 g/mol. The molecule has 0 atom stereocenters. The molecule has 0 N–H and O–H groups in total. The third-order valence-electron chi connectivity index (χ3n) is 1.52. The Balaban J connectivity index is 0.000001000. The highest BCUT2D eigenvalue weighted by Gasteiger charge is 1.99.